The summed E-state index contributed by atoms with van der Waals surface area (Å²) in [5.41, 5.74) is 1.68. The lowest BCUT2D eigenvalue weighted by Gasteiger charge is -2.11. The molecule has 0 unspecified atom stereocenters. The minimum Gasteiger partial charge on any atom is -0.497 e. The van der Waals surface area contributed by atoms with Gasteiger partial charge in [-0.2, -0.15) is 5.10 Å². The van der Waals surface area contributed by atoms with Gasteiger partial charge in [-0.25, -0.2) is 13.1 Å². The van der Waals surface area contributed by atoms with E-state index < -0.39 is 10.0 Å². The van der Waals surface area contributed by atoms with Crippen molar-refractivity contribution in [2.75, 3.05) is 14.2 Å². The van der Waals surface area contributed by atoms with E-state index in [4.69, 9.17) is 9.47 Å². The molecule has 0 aliphatic carbocycles. The van der Waals surface area contributed by atoms with Crippen molar-refractivity contribution in [2.45, 2.75) is 31.3 Å². The Hall–Kier alpha value is -2.58. The van der Waals surface area contributed by atoms with E-state index in [1.165, 1.54) is 20.3 Å². The SMILES string of the molecule is CCCn1nc(CNS(=O)(=O)c2cc(OC)ccc2OC)c2ccccc21. The van der Waals surface area contributed by atoms with E-state index in [2.05, 4.69) is 16.7 Å². The molecule has 8 heteroatoms. The Kier molecular flexibility index (Phi) is 5.67. The molecule has 1 heterocycles. The molecule has 3 rings (SSSR count). The molecule has 7 nitrogen and oxygen atoms in total. The Morgan fingerprint density at radius 1 is 1.11 bits per heavy atom. The van der Waals surface area contributed by atoms with E-state index in [0.29, 0.717) is 11.4 Å². The molecule has 0 saturated heterocycles. The summed E-state index contributed by atoms with van der Waals surface area (Å²) < 4.78 is 40.5. The smallest absolute Gasteiger partial charge is 0.244 e. The lowest BCUT2D eigenvalue weighted by atomic mass is 10.2. The molecule has 3 aromatic rings. The molecule has 2 aromatic carbocycles. The monoisotopic (exact) mass is 389 g/mol. The Bertz CT molecular complexity index is 1040. The number of hydrogen-bond acceptors (Lipinski definition) is 5. The van der Waals surface area contributed by atoms with Gasteiger partial charge in [0.1, 0.15) is 16.4 Å². The van der Waals surface area contributed by atoms with E-state index in [-0.39, 0.29) is 17.2 Å². The molecular formula is C19H23N3O4S. The van der Waals surface area contributed by atoms with Gasteiger partial charge in [-0.15, -0.1) is 0 Å². The van der Waals surface area contributed by atoms with Crippen LogP contribution in [0.3, 0.4) is 0 Å². The molecule has 0 aliphatic heterocycles. The summed E-state index contributed by atoms with van der Waals surface area (Å²) in [4.78, 5) is 0.0293. The van der Waals surface area contributed by atoms with E-state index in [1.807, 2.05) is 28.9 Å². The second kappa shape index (κ2) is 7.98. The van der Waals surface area contributed by atoms with E-state index in [9.17, 15) is 8.42 Å². The second-order valence-electron chi connectivity index (χ2n) is 6.03. The van der Waals surface area contributed by atoms with Gasteiger partial charge in [-0.1, -0.05) is 25.1 Å². The molecule has 27 heavy (non-hydrogen) atoms. The first kappa shape index (κ1) is 19.2. The Morgan fingerprint density at radius 2 is 1.89 bits per heavy atom. The average molecular weight is 389 g/mol. The summed E-state index contributed by atoms with van der Waals surface area (Å²) in [5.74, 6) is 0.693. The van der Waals surface area contributed by atoms with Crippen molar-refractivity contribution in [3.63, 3.8) is 0 Å². The van der Waals surface area contributed by atoms with E-state index >= 15 is 0 Å². The van der Waals surface area contributed by atoms with Crippen molar-refractivity contribution in [3.05, 3.63) is 48.2 Å². The standard InChI is InChI=1S/C19H23N3O4S/c1-4-11-22-17-8-6-5-7-15(17)16(21-22)13-20-27(23,24)19-12-14(25-2)9-10-18(19)26-3/h5-10,12,20H,4,11,13H2,1-3H3. The van der Waals surface area contributed by atoms with Crippen molar-refractivity contribution in [1.29, 1.82) is 0 Å². The predicted octanol–water partition coefficient (Wildman–Crippen LogP) is 2.94. The number of aromatic nitrogens is 2. The number of fused-ring (bicyclic) bond motifs is 1. The molecule has 144 valence electrons. The molecular weight excluding hydrogens is 366 g/mol. The first-order valence-electron chi connectivity index (χ1n) is 8.66. The number of sulfonamides is 1. The Labute approximate surface area is 159 Å². The minimum atomic E-state index is -3.81. The maximum absolute atomic E-state index is 12.8. The Balaban J connectivity index is 1.92. The van der Waals surface area contributed by atoms with Gasteiger partial charge in [0, 0.05) is 18.0 Å². The fraction of sp³-hybridized carbons (Fsp3) is 0.316. The lowest BCUT2D eigenvalue weighted by Crippen LogP contribution is -2.24. The molecule has 1 N–H and O–H groups in total. The minimum absolute atomic E-state index is 0.0293. The van der Waals surface area contributed by atoms with Crippen molar-refractivity contribution in [2.24, 2.45) is 0 Å². The summed E-state index contributed by atoms with van der Waals surface area (Å²) >= 11 is 0. The van der Waals surface area contributed by atoms with Gasteiger partial charge < -0.3 is 9.47 Å². The summed E-state index contributed by atoms with van der Waals surface area (Å²) in [6.45, 7) is 2.94. The molecule has 0 spiro atoms. The van der Waals surface area contributed by atoms with Gasteiger partial charge in [0.25, 0.3) is 0 Å². The third kappa shape index (κ3) is 3.91. The van der Waals surface area contributed by atoms with Crippen LogP contribution in [-0.2, 0) is 23.1 Å². The Morgan fingerprint density at radius 3 is 2.59 bits per heavy atom. The van der Waals surface area contributed by atoms with Gasteiger partial charge in [-0.3, -0.25) is 4.68 Å². The number of benzene rings is 2. The highest BCUT2D eigenvalue weighted by Crippen LogP contribution is 2.28. The number of nitrogens with zero attached hydrogens (tertiary/aromatic N) is 2. The number of hydrogen-bond donors (Lipinski definition) is 1. The van der Waals surface area contributed by atoms with Crippen LogP contribution < -0.4 is 14.2 Å². The van der Waals surface area contributed by atoms with E-state index in [0.717, 1.165) is 23.9 Å². The highest BCUT2D eigenvalue weighted by atomic mass is 32.2. The van der Waals surface area contributed by atoms with Gasteiger partial charge in [0.05, 0.1) is 32.0 Å². The summed E-state index contributed by atoms with van der Waals surface area (Å²) in [6.07, 6.45) is 0.942. The van der Waals surface area contributed by atoms with Gasteiger partial charge in [0.2, 0.25) is 10.0 Å². The van der Waals surface area contributed by atoms with Crippen LogP contribution in [0.2, 0.25) is 0 Å². The van der Waals surface area contributed by atoms with Crippen LogP contribution in [0.4, 0.5) is 0 Å². The second-order valence-corrected chi connectivity index (χ2v) is 7.76. The number of ether oxygens (including phenoxy) is 2. The molecule has 0 aliphatic rings. The highest BCUT2D eigenvalue weighted by Gasteiger charge is 2.21. The van der Waals surface area contributed by atoms with Gasteiger partial charge in [0.15, 0.2) is 0 Å². The zero-order valence-electron chi connectivity index (χ0n) is 15.6. The quantitative estimate of drug-likeness (QED) is 0.640. The van der Waals surface area contributed by atoms with Crippen molar-refractivity contribution >= 4 is 20.9 Å². The van der Waals surface area contributed by atoms with Gasteiger partial charge in [-0.05, 0) is 24.6 Å². The molecule has 0 amide bonds. The third-order valence-electron chi connectivity index (χ3n) is 4.26. The van der Waals surface area contributed by atoms with Crippen LogP contribution >= 0.6 is 0 Å². The number of para-hydroxylation sites is 1. The number of methoxy groups -OCH3 is 2. The normalized spacial score (nSPS) is 11.7. The fourth-order valence-corrected chi connectivity index (χ4v) is 4.11. The van der Waals surface area contributed by atoms with Crippen LogP contribution in [0.25, 0.3) is 10.9 Å². The van der Waals surface area contributed by atoms with E-state index in [1.54, 1.807) is 12.1 Å². The fourth-order valence-electron chi connectivity index (χ4n) is 2.94. The first-order valence-corrected chi connectivity index (χ1v) is 10.1. The molecule has 1 aromatic heterocycles. The molecule has 0 atom stereocenters. The molecule has 0 fully saturated rings. The van der Waals surface area contributed by atoms with Crippen molar-refractivity contribution in [1.82, 2.24) is 14.5 Å². The first-order chi connectivity index (χ1) is 13.0. The third-order valence-corrected chi connectivity index (χ3v) is 5.68. The highest BCUT2D eigenvalue weighted by molar-refractivity contribution is 7.89. The van der Waals surface area contributed by atoms with Crippen molar-refractivity contribution < 1.29 is 17.9 Å². The van der Waals surface area contributed by atoms with Crippen LogP contribution in [0.5, 0.6) is 11.5 Å². The maximum Gasteiger partial charge on any atom is 0.244 e. The zero-order chi connectivity index (χ0) is 19.4. The van der Waals surface area contributed by atoms with Gasteiger partial charge >= 0.3 is 0 Å². The maximum atomic E-state index is 12.8. The summed E-state index contributed by atoms with van der Waals surface area (Å²) in [6, 6.07) is 12.5. The summed E-state index contributed by atoms with van der Waals surface area (Å²) in [5, 5.41) is 5.52. The van der Waals surface area contributed by atoms with Crippen LogP contribution in [0.15, 0.2) is 47.4 Å². The van der Waals surface area contributed by atoms with Crippen LogP contribution in [0.1, 0.15) is 19.0 Å². The number of rotatable bonds is 8. The number of aryl methyl sites for hydroxylation is 1. The number of nitrogens with one attached hydrogen (secondary N) is 1. The predicted molar refractivity (Wildman–Crippen MR) is 104 cm³/mol. The average Bonchev–Trinajstić information content (AvgIpc) is 3.04. The molecule has 0 saturated carbocycles. The summed E-state index contributed by atoms with van der Waals surface area (Å²) in [7, 11) is -0.894. The molecule has 0 bridgehead atoms. The largest absolute Gasteiger partial charge is 0.497 e. The van der Waals surface area contributed by atoms with Crippen LogP contribution in [-0.4, -0.2) is 32.4 Å². The van der Waals surface area contributed by atoms with Crippen LogP contribution in [0, 0.1) is 0 Å². The lowest BCUT2D eigenvalue weighted by molar-refractivity contribution is 0.392. The zero-order valence-corrected chi connectivity index (χ0v) is 16.4. The topological polar surface area (TPSA) is 82.5 Å². The van der Waals surface area contributed by atoms with Crippen molar-refractivity contribution in [3.8, 4) is 11.5 Å². The molecule has 0 radical (unpaired) electrons.